The minimum atomic E-state index is -0.133. The number of benzene rings is 1. The van der Waals surface area contributed by atoms with Gasteiger partial charge in [-0.2, -0.15) is 5.10 Å². The molecular formula is C22H21N7O. The highest BCUT2D eigenvalue weighted by molar-refractivity contribution is 6.04. The lowest BCUT2D eigenvalue weighted by Gasteiger charge is -2.39. The van der Waals surface area contributed by atoms with Crippen LogP contribution in [0.4, 0.5) is 5.82 Å². The third kappa shape index (κ3) is 3.36. The average molecular weight is 399 g/mol. The average Bonchev–Trinajstić information content (AvgIpc) is 3.10. The number of aryl methyl sites for hydroxylation is 1. The zero-order chi connectivity index (χ0) is 20.5. The predicted octanol–water partition coefficient (Wildman–Crippen LogP) is 2.29. The second kappa shape index (κ2) is 7.55. The molecule has 0 spiro atoms. The number of hydrogen-bond acceptors (Lipinski definition) is 6. The highest BCUT2D eigenvalue weighted by Crippen LogP contribution is 2.24. The molecule has 5 rings (SSSR count). The zero-order valence-electron chi connectivity index (χ0n) is 16.6. The minimum absolute atomic E-state index is 0.133. The maximum Gasteiger partial charge on any atom is 0.272 e. The monoisotopic (exact) mass is 399 g/mol. The summed E-state index contributed by atoms with van der Waals surface area (Å²) in [5.41, 5.74) is 3.25. The summed E-state index contributed by atoms with van der Waals surface area (Å²) in [6.07, 6.45) is 3.49. The number of amides is 1. The van der Waals surface area contributed by atoms with Crippen LogP contribution in [-0.2, 0) is 7.05 Å². The van der Waals surface area contributed by atoms with E-state index in [2.05, 4.69) is 30.5 Å². The molecule has 1 aromatic carbocycles. The van der Waals surface area contributed by atoms with Gasteiger partial charge in [-0.05, 0) is 30.3 Å². The van der Waals surface area contributed by atoms with Crippen LogP contribution >= 0.6 is 0 Å². The van der Waals surface area contributed by atoms with Crippen LogP contribution in [0, 0.1) is 5.92 Å². The van der Waals surface area contributed by atoms with E-state index >= 15 is 0 Å². The third-order valence-electron chi connectivity index (χ3n) is 5.43. The number of carbonyl (C=O) groups excluding carboxylic acids is 1. The molecule has 1 saturated heterocycles. The van der Waals surface area contributed by atoms with E-state index in [9.17, 15) is 4.79 Å². The van der Waals surface area contributed by atoms with Gasteiger partial charge in [0.15, 0.2) is 11.5 Å². The highest BCUT2D eigenvalue weighted by Gasteiger charge is 2.29. The Kier molecular flexibility index (Phi) is 4.59. The first kappa shape index (κ1) is 18.2. The number of anilines is 1. The number of hydrogen-bond donors (Lipinski definition) is 1. The van der Waals surface area contributed by atoms with Crippen LogP contribution in [-0.4, -0.2) is 50.5 Å². The molecule has 8 nitrogen and oxygen atoms in total. The van der Waals surface area contributed by atoms with Gasteiger partial charge in [0, 0.05) is 55.9 Å². The van der Waals surface area contributed by atoms with E-state index in [0.717, 1.165) is 41.1 Å². The van der Waals surface area contributed by atoms with Crippen LogP contribution in [0.5, 0.6) is 0 Å². The van der Waals surface area contributed by atoms with Gasteiger partial charge in [-0.15, -0.1) is 10.2 Å². The molecule has 1 amide bonds. The quantitative estimate of drug-likeness (QED) is 0.554. The van der Waals surface area contributed by atoms with Crippen molar-refractivity contribution < 1.29 is 4.79 Å². The fourth-order valence-corrected chi connectivity index (χ4v) is 3.76. The molecule has 4 aromatic rings. The fraction of sp³-hybridized carbons (Fsp3) is 0.227. The number of para-hydroxylation sites is 1. The van der Waals surface area contributed by atoms with Crippen molar-refractivity contribution in [3.05, 3.63) is 66.6 Å². The maximum absolute atomic E-state index is 12.6. The molecule has 1 aliphatic heterocycles. The van der Waals surface area contributed by atoms with Crippen molar-refractivity contribution in [1.82, 2.24) is 30.3 Å². The van der Waals surface area contributed by atoms with E-state index in [1.165, 1.54) is 0 Å². The Labute approximate surface area is 173 Å². The number of nitrogens with one attached hydrogen (secondary N) is 1. The molecule has 0 radical (unpaired) electrons. The molecule has 0 bridgehead atoms. The molecule has 1 N–H and O–H groups in total. The Balaban J connectivity index is 1.16. The van der Waals surface area contributed by atoms with Crippen molar-refractivity contribution in [3.8, 4) is 11.3 Å². The third-order valence-corrected chi connectivity index (χ3v) is 5.43. The second-order valence-corrected chi connectivity index (χ2v) is 7.48. The summed E-state index contributed by atoms with van der Waals surface area (Å²) >= 11 is 0. The summed E-state index contributed by atoms with van der Waals surface area (Å²) in [5, 5.41) is 16.9. The number of pyridine rings is 1. The van der Waals surface area contributed by atoms with Gasteiger partial charge in [-0.1, -0.05) is 18.2 Å². The van der Waals surface area contributed by atoms with Crippen molar-refractivity contribution >= 4 is 22.6 Å². The second-order valence-electron chi connectivity index (χ2n) is 7.48. The van der Waals surface area contributed by atoms with E-state index in [1.807, 2.05) is 55.6 Å². The fourth-order valence-electron chi connectivity index (χ4n) is 3.76. The number of rotatable bonds is 5. The lowest BCUT2D eigenvalue weighted by Crippen LogP contribution is -2.52. The van der Waals surface area contributed by atoms with Crippen molar-refractivity contribution in [3.63, 3.8) is 0 Å². The Morgan fingerprint density at radius 3 is 2.63 bits per heavy atom. The van der Waals surface area contributed by atoms with Crippen molar-refractivity contribution in [1.29, 1.82) is 0 Å². The standard InChI is InChI=1S/C22H21N7O/c1-28-19-5-3-2-4-17(19)21(27-28)22(30)24-12-15-13-29(14-15)20-7-6-18(25-26-20)16-8-10-23-11-9-16/h2-11,15H,12-14H2,1H3,(H,24,30). The smallest absolute Gasteiger partial charge is 0.272 e. The molecule has 8 heteroatoms. The molecule has 0 unspecified atom stereocenters. The number of nitrogens with zero attached hydrogens (tertiary/aromatic N) is 6. The largest absolute Gasteiger partial charge is 0.354 e. The summed E-state index contributed by atoms with van der Waals surface area (Å²) in [7, 11) is 1.85. The van der Waals surface area contributed by atoms with E-state index in [-0.39, 0.29) is 5.91 Å². The van der Waals surface area contributed by atoms with E-state index in [1.54, 1.807) is 17.1 Å². The van der Waals surface area contributed by atoms with Crippen molar-refractivity contribution in [2.75, 3.05) is 24.5 Å². The first-order valence-electron chi connectivity index (χ1n) is 9.88. The normalized spacial score (nSPS) is 14.0. The summed E-state index contributed by atoms with van der Waals surface area (Å²) in [6, 6.07) is 15.5. The molecule has 1 aliphatic rings. The Hall–Kier alpha value is -3.81. The molecule has 0 aliphatic carbocycles. The predicted molar refractivity (Wildman–Crippen MR) is 114 cm³/mol. The number of carbonyl (C=O) groups is 1. The summed E-state index contributed by atoms with van der Waals surface area (Å²) < 4.78 is 1.74. The highest BCUT2D eigenvalue weighted by atomic mass is 16.1. The van der Waals surface area contributed by atoms with Crippen LogP contribution in [0.2, 0.25) is 0 Å². The van der Waals surface area contributed by atoms with Crippen LogP contribution in [0.3, 0.4) is 0 Å². The van der Waals surface area contributed by atoms with Gasteiger partial charge in [0.25, 0.3) is 5.91 Å². The molecule has 4 heterocycles. The first-order valence-corrected chi connectivity index (χ1v) is 9.88. The van der Waals surface area contributed by atoms with E-state index < -0.39 is 0 Å². The minimum Gasteiger partial charge on any atom is -0.354 e. The van der Waals surface area contributed by atoms with E-state index in [4.69, 9.17) is 0 Å². The van der Waals surface area contributed by atoms with Gasteiger partial charge in [0.1, 0.15) is 0 Å². The SMILES string of the molecule is Cn1nc(C(=O)NCC2CN(c3ccc(-c4ccncc4)nn3)C2)c2ccccc21. The summed E-state index contributed by atoms with van der Waals surface area (Å²) in [4.78, 5) is 18.8. The number of aromatic nitrogens is 5. The molecule has 150 valence electrons. The molecule has 0 saturated carbocycles. The molecule has 0 atom stereocenters. The van der Waals surface area contributed by atoms with Gasteiger partial charge in [0.2, 0.25) is 0 Å². The molecular weight excluding hydrogens is 378 g/mol. The van der Waals surface area contributed by atoms with Gasteiger partial charge >= 0.3 is 0 Å². The summed E-state index contributed by atoms with van der Waals surface area (Å²) in [5.74, 6) is 1.10. The lowest BCUT2D eigenvalue weighted by molar-refractivity contribution is 0.0940. The van der Waals surface area contributed by atoms with Crippen LogP contribution < -0.4 is 10.2 Å². The number of fused-ring (bicyclic) bond motifs is 1. The van der Waals surface area contributed by atoms with Gasteiger partial charge in [-0.3, -0.25) is 14.5 Å². The van der Waals surface area contributed by atoms with Crippen LogP contribution in [0.25, 0.3) is 22.2 Å². The first-order chi connectivity index (χ1) is 14.7. The van der Waals surface area contributed by atoms with Gasteiger partial charge < -0.3 is 10.2 Å². The zero-order valence-corrected chi connectivity index (χ0v) is 16.6. The topological polar surface area (TPSA) is 88.8 Å². The Morgan fingerprint density at radius 1 is 1.07 bits per heavy atom. The van der Waals surface area contributed by atoms with Crippen LogP contribution in [0.15, 0.2) is 60.9 Å². The molecule has 3 aromatic heterocycles. The van der Waals surface area contributed by atoms with Crippen molar-refractivity contribution in [2.24, 2.45) is 13.0 Å². The molecule has 1 fully saturated rings. The Bertz CT molecular complexity index is 1180. The Morgan fingerprint density at radius 2 is 1.87 bits per heavy atom. The van der Waals surface area contributed by atoms with E-state index in [0.29, 0.717) is 18.2 Å². The molecule has 30 heavy (non-hydrogen) atoms. The van der Waals surface area contributed by atoms with Crippen LogP contribution in [0.1, 0.15) is 10.5 Å². The van der Waals surface area contributed by atoms with Crippen molar-refractivity contribution in [2.45, 2.75) is 0 Å². The lowest BCUT2D eigenvalue weighted by atomic mass is 10.00. The van der Waals surface area contributed by atoms with Gasteiger partial charge in [-0.25, -0.2) is 0 Å². The summed E-state index contributed by atoms with van der Waals surface area (Å²) in [6.45, 7) is 2.29. The van der Waals surface area contributed by atoms with Gasteiger partial charge in [0.05, 0.1) is 11.2 Å². The maximum atomic E-state index is 12.6.